The van der Waals surface area contributed by atoms with E-state index >= 15 is 0 Å². The lowest BCUT2D eigenvalue weighted by molar-refractivity contribution is 0.556. The Hall–Kier alpha value is -1.96. The van der Waals surface area contributed by atoms with Crippen molar-refractivity contribution in [1.29, 1.82) is 0 Å². The first-order chi connectivity index (χ1) is 7.84. The van der Waals surface area contributed by atoms with Gasteiger partial charge in [0.2, 0.25) is 0 Å². The standard InChI is InChI=1S/C14H15NO/c1-12(9-10-14-8-5-11-16-14)15-13-6-3-2-4-7-13/h2-12,15H,1H3/b10-9+. The van der Waals surface area contributed by atoms with Crippen LogP contribution in [-0.4, -0.2) is 6.04 Å². The summed E-state index contributed by atoms with van der Waals surface area (Å²) in [5, 5.41) is 3.38. The SMILES string of the molecule is CC(/C=C/c1ccco1)Nc1ccccc1. The first kappa shape index (κ1) is 10.6. The van der Waals surface area contributed by atoms with Crippen LogP contribution in [0.25, 0.3) is 6.08 Å². The molecule has 0 spiro atoms. The number of para-hydroxylation sites is 1. The highest BCUT2D eigenvalue weighted by atomic mass is 16.3. The van der Waals surface area contributed by atoms with Crippen LogP contribution < -0.4 is 5.32 Å². The molecule has 1 unspecified atom stereocenters. The van der Waals surface area contributed by atoms with Crippen molar-refractivity contribution in [1.82, 2.24) is 0 Å². The molecular formula is C14H15NO. The van der Waals surface area contributed by atoms with Gasteiger partial charge in [0.15, 0.2) is 0 Å². The Balaban J connectivity index is 1.92. The molecule has 2 aromatic rings. The number of rotatable bonds is 4. The number of anilines is 1. The van der Waals surface area contributed by atoms with Crippen molar-refractivity contribution in [3.63, 3.8) is 0 Å². The third-order valence-electron chi connectivity index (χ3n) is 2.26. The molecule has 1 aromatic carbocycles. The average Bonchev–Trinajstić information content (AvgIpc) is 2.81. The zero-order valence-electron chi connectivity index (χ0n) is 9.26. The second-order valence-electron chi connectivity index (χ2n) is 3.67. The maximum absolute atomic E-state index is 5.22. The minimum absolute atomic E-state index is 0.271. The Kier molecular flexibility index (Phi) is 3.44. The molecule has 0 aliphatic heterocycles. The molecule has 2 heteroatoms. The molecule has 1 aromatic heterocycles. The van der Waals surface area contributed by atoms with E-state index in [1.165, 1.54) is 0 Å². The topological polar surface area (TPSA) is 25.2 Å². The van der Waals surface area contributed by atoms with Crippen molar-refractivity contribution in [3.8, 4) is 0 Å². The predicted octanol–water partition coefficient (Wildman–Crippen LogP) is 3.79. The van der Waals surface area contributed by atoms with Crippen molar-refractivity contribution in [2.75, 3.05) is 5.32 Å². The Bertz CT molecular complexity index is 431. The summed E-state index contributed by atoms with van der Waals surface area (Å²) < 4.78 is 5.22. The van der Waals surface area contributed by atoms with Gasteiger partial charge in [-0.05, 0) is 37.3 Å². The molecule has 82 valence electrons. The van der Waals surface area contributed by atoms with Crippen LogP contribution in [0.2, 0.25) is 0 Å². The van der Waals surface area contributed by atoms with Gasteiger partial charge < -0.3 is 9.73 Å². The van der Waals surface area contributed by atoms with Gasteiger partial charge in [0.1, 0.15) is 5.76 Å². The molecule has 2 rings (SSSR count). The van der Waals surface area contributed by atoms with Crippen LogP contribution in [0.4, 0.5) is 5.69 Å². The van der Waals surface area contributed by atoms with Gasteiger partial charge in [-0.15, -0.1) is 0 Å². The number of nitrogens with one attached hydrogen (secondary N) is 1. The maximum atomic E-state index is 5.22. The highest BCUT2D eigenvalue weighted by Crippen LogP contribution is 2.09. The van der Waals surface area contributed by atoms with Crippen LogP contribution >= 0.6 is 0 Å². The average molecular weight is 213 g/mol. The first-order valence-electron chi connectivity index (χ1n) is 5.38. The molecule has 1 heterocycles. The van der Waals surface area contributed by atoms with Gasteiger partial charge >= 0.3 is 0 Å². The molecule has 2 nitrogen and oxygen atoms in total. The molecular weight excluding hydrogens is 198 g/mol. The van der Waals surface area contributed by atoms with Crippen LogP contribution in [0.5, 0.6) is 0 Å². The Labute approximate surface area is 95.6 Å². The molecule has 0 amide bonds. The summed E-state index contributed by atoms with van der Waals surface area (Å²) in [6.45, 7) is 2.10. The monoisotopic (exact) mass is 213 g/mol. The second kappa shape index (κ2) is 5.21. The minimum Gasteiger partial charge on any atom is -0.465 e. The van der Waals surface area contributed by atoms with E-state index in [0.717, 1.165) is 11.4 Å². The molecule has 0 radical (unpaired) electrons. The van der Waals surface area contributed by atoms with E-state index in [1.54, 1.807) is 6.26 Å². The van der Waals surface area contributed by atoms with E-state index in [2.05, 4.69) is 30.4 Å². The molecule has 1 atom stereocenters. The van der Waals surface area contributed by atoms with Gasteiger partial charge in [-0.1, -0.05) is 24.3 Å². The van der Waals surface area contributed by atoms with Crippen LogP contribution in [0.15, 0.2) is 59.2 Å². The van der Waals surface area contributed by atoms with Gasteiger partial charge in [0.05, 0.1) is 6.26 Å². The first-order valence-corrected chi connectivity index (χ1v) is 5.38. The van der Waals surface area contributed by atoms with Gasteiger partial charge in [-0.2, -0.15) is 0 Å². The number of furan rings is 1. The summed E-state index contributed by atoms with van der Waals surface area (Å²) in [6.07, 6.45) is 5.72. The van der Waals surface area contributed by atoms with E-state index in [0.29, 0.717) is 0 Å². The normalized spacial score (nSPS) is 12.8. The summed E-state index contributed by atoms with van der Waals surface area (Å²) in [5.74, 6) is 0.877. The fraction of sp³-hybridized carbons (Fsp3) is 0.143. The molecule has 16 heavy (non-hydrogen) atoms. The number of hydrogen-bond donors (Lipinski definition) is 1. The lowest BCUT2D eigenvalue weighted by Crippen LogP contribution is -2.11. The van der Waals surface area contributed by atoms with Crippen LogP contribution in [0.3, 0.4) is 0 Å². The Morgan fingerprint density at radius 3 is 2.62 bits per heavy atom. The van der Waals surface area contributed by atoms with Gasteiger partial charge in [0.25, 0.3) is 0 Å². The Morgan fingerprint density at radius 2 is 1.94 bits per heavy atom. The summed E-state index contributed by atoms with van der Waals surface area (Å²) in [5.41, 5.74) is 1.12. The van der Waals surface area contributed by atoms with Crippen molar-refractivity contribution in [2.45, 2.75) is 13.0 Å². The van der Waals surface area contributed by atoms with Crippen LogP contribution in [0.1, 0.15) is 12.7 Å². The van der Waals surface area contributed by atoms with Crippen molar-refractivity contribution < 1.29 is 4.42 Å². The lowest BCUT2D eigenvalue weighted by atomic mass is 10.2. The maximum Gasteiger partial charge on any atom is 0.126 e. The fourth-order valence-corrected chi connectivity index (χ4v) is 1.47. The molecule has 0 aliphatic rings. The molecule has 0 aliphatic carbocycles. The van der Waals surface area contributed by atoms with Crippen molar-refractivity contribution in [3.05, 3.63) is 60.6 Å². The highest BCUT2D eigenvalue weighted by molar-refractivity contribution is 5.48. The molecule has 0 bridgehead atoms. The van der Waals surface area contributed by atoms with Crippen LogP contribution in [-0.2, 0) is 0 Å². The summed E-state index contributed by atoms with van der Waals surface area (Å²) in [7, 11) is 0. The van der Waals surface area contributed by atoms with E-state index in [1.807, 2.05) is 36.4 Å². The van der Waals surface area contributed by atoms with E-state index in [4.69, 9.17) is 4.42 Å². The largest absolute Gasteiger partial charge is 0.465 e. The van der Waals surface area contributed by atoms with Crippen LogP contribution in [0, 0.1) is 0 Å². The summed E-state index contributed by atoms with van der Waals surface area (Å²) in [4.78, 5) is 0. The van der Waals surface area contributed by atoms with E-state index < -0.39 is 0 Å². The Morgan fingerprint density at radius 1 is 1.12 bits per heavy atom. The lowest BCUT2D eigenvalue weighted by Gasteiger charge is -2.10. The molecule has 1 N–H and O–H groups in total. The fourth-order valence-electron chi connectivity index (χ4n) is 1.47. The summed E-state index contributed by atoms with van der Waals surface area (Å²) >= 11 is 0. The zero-order chi connectivity index (χ0) is 11.2. The van der Waals surface area contributed by atoms with E-state index in [-0.39, 0.29) is 6.04 Å². The van der Waals surface area contributed by atoms with E-state index in [9.17, 15) is 0 Å². The highest BCUT2D eigenvalue weighted by Gasteiger charge is 1.96. The number of hydrogen-bond acceptors (Lipinski definition) is 2. The third kappa shape index (κ3) is 3.02. The van der Waals surface area contributed by atoms with Gasteiger partial charge in [-0.25, -0.2) is 0 Å². The quantitative estimate of drug-likeness (QED) is 0.835. The second-order valence-corrected chi connectivity index (χ2v) is 3.67. The molecule has 0 saturated heterocycles. The third-order valence-corrected chi connectivity index (χ3v) is 2.26. The van der Waals surface area contributed by atoms with Gasteiger partial charge in [-0.3, -0.25) is 0 Å². The minimum atomic E-state index is 0.271. The zero-order valence-corrected chi connectivity index (χ0v) is 9.26. The molecule has 0 saturated carbocycles. The smallest absolute Gasteiger partial charge is 0.126 e. The predicted molar refractivity (Wildman–Crippen MR) is 67.3 cm³/mol. The summed E-state index contributed by atoms with van der Waals surface area (Å²) in [6, 6.07) is 14.2. The van der Waals surface area contributed by atoms with Crippen molar-refractivity contribution in [2.24, 2.45) is 0 Å². The molecule has 0 fully saturated rings. The number of benzene rings is 1. The van der Waals surface area contributed by atoms with Crippen molar-refractivity contribution >= 4 is 11.8 Å². The van der Waals surface area contributed by atoms with Gasteiger partial charge in [0, 0.05) is 11.7 Å².